The van der Waals surface area contributed by atoms with Gasteiger partial charge < -0.3 is 10.6 Å². The van der Waals surface area contributed by atoms with E-state index in [2.05, 4.69) is 21.6 Å². The fourth-order valence-corrected chi connectivity index (χ4v) is 3.25. The molecule has 130 valence electrons. The standard InChI is InChI=1S/C19H27N3O2/c1-13-3-6-17(14(2)11-13)21-18(23)12-22-9-7-15(8-10-22)19(24)20-16-4-5-16/h3,6,11,15-16H,4-5,7-10,12H2,1-2H3,(H,20,24)(H,21,23). The van der Waals surface area contributed by atoms with E-state index < -0.39 is 0 Å². The predicted molar refractivity (Wildman–Crippen MR) is 94.9 cm³/mol. The molecule has 0 bridgehead atoms. The number of anilines is 1. The van der Waals surface area contributed by atoms with Crippen LogP contribution < -0.4 is 10.6 Å². The maximum absolute atomic E-state index is 12.3. The normalized spacial score (nSPS) is 19.1. The minimum absolute atomic E-state index is 0.0165. The van der Waals surface area contributed by atoms with Gasteiger partial charge in [-0.2, -0.15) is 0 Å². The molecule has 1 aliphatic heterocycles. The lowest BCUT2D eigenvalue weighted by atomic mass is 9.96. The second-order valence-corrected chi connectivity index (χ2v) is 7.20. The van der Waals surface area contributed by atoms with Crippen molar-refractivity contribution in [3.8, 4) is 0 Å². The lowest BCUT2D eigenvalue weighted by Gasteiger charge is -2.30. The molecule has 1 saturated heterocycles. The van der Waals surface area contributed by atoms with Crippen LogP contribution in [0, 0.1) is 19.8 Å². The van der Waals surface area contributed by atoms with Crippen molar-refractivity contribution in [3.63, 3.8) is 0 Å². The monoisotopic (exact) mass is 329 g/mol. The zero-order chi connectivity index (χ0) is 17.1. The molecule has 1 aliphatic carbocycles. The number of rotatable bonds is 5. The molecule has 0 unspecified atom stereocenters. The summed E-state index contributed by atoms with van der Waals surface area (Å²) in [4.78, 5) is 26.5. The third-order valence-electron chi connectivity index (χ3n) is 4.91. The lowest BCUT2D eigenvalue weighted by Crippen LogP contribution is -2.43. The third-order valence-corrected chi connectivity index (χ3v) is 4.91. The molecule has 2 N–H and O–H groups in total. The molecule has 2 fully saturated rings. The highest BCUT2D eigenvalue weighted by Gasteiger charge is 2.30. The average Bonchev–Trinajstić information content (AvgIpc) is 3.35. The Morgan fingerprint density at radius 2 is 1.83 bits per heavy atom. The van der Waals surface area contributed by atoms with Crippen molar-refractivity contribution in [2.75, 3.05) is 25.0 Å². The number of hydrogen-bond donors (Lipinski definition) is 2. The fourth-order valence-electron chi connectivity index (χ4n) is 3.25. The van der Waals surface area contributed by atoms with E-state index in [9.17, 15) is 9.59 Å². The zero-order valence-corrected chi connectivity index (χ0v) is 14.6. The van der Waals surface area contributed by atoms with Crippen molar-refractivity contribution in [1.29, 1.82) is 0 Å². The summed E-state index contributed by atoms with van der Waals surface area (Å²) in [5, 5.41) is 6.08. The number of carbonyl (C=O) groups excluding carboxylic acids is 2. The topological polar surface area (TPSA) is 61.4 Å². The van der Waals surface area contributed by atoms with Gasteiger partial charge in [0.15, 0.2) is 0 Å². The van der Waals surface area contributed by atoms with Crippen LogP contribution >= 0.6 is 0 Å². The van der Waals surface area contributed by atoms with Crippen LogP contribution in [0.3, 0.4) is 0 Å². The number of amides is 2. The van der Waals surface area contributed by atoms with Crippen molar-refractivity contribution in [3.05, 3.63) is 29.3 Å². The van der Waals surface area contributed by atoms with Gasteiger partial charge in [-0.15, -0.1) is 0 Å². The Kier molecular flexibility index (Phi) is 5.19. The molecule has 2 amide bonds. The molecule has 3 rings (SSSR count). The quantitative estimate of drug-likeness (QED) is 0.871. The molecule has 5 nitrogen and oxygen atoms in total. The van der Waals surface area contributed by atoms with E-state index in [1.165, 1.54) is 5.56 Å². The van der Waals surface area contributed by atoms with E-state index in [1.54, 1.807) is 0 Å². The second kappa shape index (κ2) is 7.34. The van der Waals surface area contributed by atoms with Crippen LogP contribution in [0.1, 0.15) is 36.8 Å². The van der Waals surface area contributed by atoms with Crippen LogP contribution in [-0.2, 0) is 9.59 Å². The maximum Gasteiger partial charge on any atom is 0.238 e. The summed E-state index contributed by atoms with van der Waals surface area (Å²) in [6, 6.07) is 6.46. The Labute approximate surface area is 143 Å². The Hall–Kier alpha value is -1.88. The Bertz CT molecular complexity index is 617. The first kappa shape index (κ1) is 17.0. The first-order valence-corrected chi connectivity index (χ1v) is 8.91. The van der Waals surface area contributed by atoms with Crippen molar-refractivity contribution in [2.24, 2.45) is 5.92 Å². The van der Waals surface area contributed by atoms with E-state index >= 15 is 0 Å². The first-order chi connectivity index (χ1) is 11.5. The minimum Gasteiger partial charge on any atom is -0.353 e. The number of hydrogen-bond acceptors (Lipinski definition) is 3. The largest absolute Gasteiger partial charge is 0.353 e. The van der Waals surface area contributed by atoms with E-state index in [0.29, 0.717) is 12.6 Å². The van der Waals surface area contributed by atoms with E-state index in [1.807, 2.05) is 26.0 Å². The molecule has 0 atom stereocenters. The highest BCUT2D eigenvalue weighted by atomic mass is 16.2. The second-order valence-electron chi connectivity index (χ2n) is 7.20. The van der Waals surface area contributed by atoms with Crippen molar-refractivity contribution in [1.82, 2.24) is 10.2 Å². The predicted octanol–water partition coefficient (Wildman–Crippen LogP) is 2.23. The van der Waals surface area contributed by atoms with Crippen molar-refractivity contribution >= 4 is 17.5 Å². The molecule has 5 heteroatoms. The molecule has 24 heavy (non-hydrogen) atoms. The minimum atomic E-state index is 0.0165. The molecular weight excluding hydrogens is 302 g/mol. The summed E-state index contributed by atoms with van der Waals surface area (Å²) in [5.74, 6) is 0.337. The molecule has 1 saturated carbocycles. The first-order valence-electron chi connectivity index (χ1n) is 8.91. The molecule has 1 aromatic rings. The Morgan fingerprint density at radius 1 is 1.12 bits per heavy atom. The molecule has 0 radical (unpaired) electrons. The molecular formula is C19H27N3O2. The van der Waals surface area contributed by atoms with Crippen LogP contribution in [0.15, 0.2) is 18.2 Å². The van der Waals surface area contributed by atoms with Crippen LogP contribution in [0.2, 0.25) is 0 Å². The Morgan fingerprint density at radius 3 is 2.46 bits per heavy atom. The van der Waals surface area contributed by atoms with Crippen molar-refractivity contribution in [2.45, 2.75) is 45.6 Å². The molecule has 0 aromatic heterocycles. The average molecular weight is 329 g/mol. The summed E-state index contributed by atoms with van der Waals surface area (Å²) >= 11 is 0. The summed E-state index contributed by atoms with van der Waals surface area (Å²) in [5.41, 5.74) is 3.15. The molecule has 1 aromatic carbocycles. The van der Waals surface area contributed by atoms with Crippen LogP contribution in [-0.4, -0.2) is 42.4 Å². The van der Waals surface area contributed by atoms with Crippen molar-refractivity contribution < 1.29 is 9.59 Å². The summed E-state index contributed by atoms with van der Waals surface area (Å²) in [7, 11) is 0. The summed E-state index contributed by atoms with van der Waals surface area (Å²) < 4.78 is 0. The van der Waals surface area contributed by atoms with Gasteiger partial charge in [-0.3, -0.25) is 14.5 Å². The van der Waals surface area contributed by atoms with Gasteiger partial charge in [0.2, 0.25) is 11.8 Å². The summed E-state index contributed by atoms with van der Waals surface area (Å²) in [6.07, 6.45) is 3.94. The smallest absolute Gasteiger partial charge is 0.238 e. The van der Waals surface area contributed by atoms with Gasteiger partial charge in [0.1, 0.15) is 0 Å². The number of likely N-dealkylation sites (tertiary alicyclic amines) is 1. The van der Waals surface area contributed by atoms with Crippen LogP contribution in [0.5, 0.6) is 0 Å². The SMILES string of the molecule is Cc1ccc(NC(=O)CN2CCC(C(=O)NC3CC3)CC2)c(C)c1. The van der Waals surface area contributed by atoms with Crippen LogP contribution in [0.4, 0.5) is 5.69 Å². The molecule has 2 aliphatic rings. The summed E-state index contributed by atoms with van der Waals surface area (Å²) in [6.45, 7) is 6.06. The molecule has 0 spiro atoms. The van der Waals surface area contributed by atoms with E-state index in [4.69, 9.17) is 0 Å². The van der Waals surface area contributed by atoms with Gasteiger partial charge in [0.25, 0.3) is 0 Å². The number of nitrogens with zero attached hydrogens (tertiary/aromatic N) is 1. The number of piperidine rings is 1. The van der Waals surface area contributed by atoms with Gasteiger partial charge in [0.05, 0.1) is 6.54 Å². The Balaban J connectivity index is 1.43. The zero-order valence-electron chi connectivity index (χ0n) is 14.6. The number of benzene rings is 1. The van der Waals surface area contributed by atoms with E-state index in [0.717, 1.165) is 50.0 Å². The van der Waals surface area contributed by atoms with Gasteiger partial charge in [-0.25, -0.2) is 0 Å². The number of carbonyl (C=O) groups is 2. The third kappa shape index (κ3) is 4.57. The van der Waals surface area contributed by atoms with Crippen LogP contribution in [0.25, 0.3) is 0 Å². The highest BCUT2D eigenvalue weighted by Crippen LogP contribution is 2.23. The van der Waals surface area contributed by atoms with Gasteiger partial charge in [-0.1, -0.05) is 17.7 Å². The highest BCUT2D eigenvalue weighted by molar-refractivity contribution is 5.93. The lowest BCUT2D eigenvalue weighted by molar-refractivity contribution is -0.126. The molecule has 1 heterocycles. The fraction of sp³-hybridized carbons (Fsp3) is 0.579. The van der Waals surface area contributed by atoms with E-state index in [-0.39, 0.29) is 17.7 Å². The maximum atomic E-state index is 12.3. The number of nitrogens with one attached hydrogen (secondary N) is 2. The van der Waals surface area contributed by atoms with Gasteiger partial charge in [-0.05, 0) is 64.3 Å². The number of aryl methyl sites for hydroxylation is 2. The van der Waals surface area contributed by atoms with Gasteiger partial charge >= 0.3 is 0 Å². The van der Waals surface area contributed by atoms with Gasteiger partial charge in [0, 0.05) is 17.6 Å².